The SMILES string of the molecule is Cc1cc(C)cc(C(C)Nc2ccc([N+](=O)[O-])cc2Br)c1. The van der Waals surface area contributed by atoms with Crippen LogP contribution in [0.25, 0.3) is 0 Å². The van der Waals surface area contributed by atoms with Gasteiger partial charge in [-0.05, 0) is 48.3 Å². The lowest BCUT2D eigenvalue weighted by atomic mass is 10.0. The van der Waals surface area contributed by atoms with E-state index >= 15 is 0 Å². The van der Waals surface area contributed by atoms with Crippen molar-refractivity contribution >= 4 is 27.3 Å². The van der Waals surface area contributed by atoms with Gasteiger partial charge in [0.05, 0.1) is 4.92 Å². The van der Waals surface area contributed by atoms with Crippen LogP contribution >= 0.6 is 15.9 Å². The monoisotopic (exact) mass is 348 g/mol. The first-order valence-electron chi connectivity index (χ1n) is 6.65. The van der Waals surface area contributed by atoms with Crippen LogP contribution in [0.3, 0.4) is 0 Å². The molecule has 2 aromatic rings. The Bertz CT molecular complexity index is 666. The maximum absolute atomic E-state index is 10.7. The minimum absolute atomic E-state index is 0.0754. The standard InChI is InChI=1S/C16H17BrN2O2/c1-10-6-11(2)8-13(7-10)12(3)18-16-5-4-14(19(20)21)9-15(16)17/h4-9,12,18H,1-3H3. The van der Waals surface area contributed by atoms with E-state index in [1.54, 1.807) is 6.07 Å². The zero-order valence-electron chi connectivity index (χ0n) is 12.2. The first kappa shape index (κ1) is 15.5. The lowest BCUT2D eigenvalue weighted by molar-refractivity contribution is -0.384. The van der Waals surface area contributed by atoms with E-state index in [4.69, 9.17) is 0 Å². The highest BCUT2D eigenvalue weighted by Gasteiger charge is 2.12. The van der Waals surface area contributed by atoms with E-state index < -0.39 is 4.92 Å². The molecular formula is C16H17BrN2O2. The molecule has 4 nitrogen and oxygen atoms in total. The summed E-state index contributed by atoms with van der Waals surface area (Å²) in [5, 5.41) is 14.1. The van der Waals surface area contributed by atoms with E-state index in [0.717, 1.165) is 5.69 Å². The average molecular weight is 349 g/mol. The summed E-state index contributed by atoms with van der Waals surface area (Å²) in [6.45, 7) is 6.22. The van der Waals surface area contributed by atoms with Gasteiger partial charge in [-0.3, -0.25) is 10.1 Å². The van der Waals surface area contributed by atoms with Crippen LogP contribution in [0.4, 0.5) is 11.4 Å². The van der Waals surface area contributed by atoms with Gasteiger partial charge in [0.1, 0.15) is 0 Å². The van der Waals surface area contributed by atoms with Crippen molar-refractivity contribution in [3.8, 4) is 0 Å². The molecule has 2 rings (SSSR count). The van der Waals surface area contributed by atoms with Crippen molar-refractivity contribution in [2.45, 2.75) is 26.8 Å². The molecule has 2 aromatic carbocycles. The Morgan fingerprint density at radius 3 is 2.29 bits per heavy atom. The lowest BCUT2D eigenvalue weighted by Crippen LogP contribution is -2.07. The minimum Gasteiger partial charge on any atom is -0.378 e. The van der Waals surface area contributed by atoms with E-state index in [-0.39, 0.29) is 11.7 Å². The lowest BCUT2D eigenvalue weighted by Gasteiger charge is -2.18. The highest BCUT2D eigenvalue weighted by atomic mass is 79.9. The van der Waals surface area contributed by atoms with Gasteiger partial charge in [0, 0.05) is 28.3 Å². The van der Waals surface area contributed by atoms with Gasteiger partial charge in [0.25, 0.3) is 5.69 Å². The average Bonchev–Trinajstić information content (AvgIpc) is 2.39. The molecule has 0 spiro atoms. The van der Waals surface area contributed by atoms with Gasteiger partial charge in [-0.25, -0.2) is 0 Å². The predicted molar refractivity (Wildman–Crippen MR) is 88.8 cm³/mol. The Kier molecular flexibility index (Phi) is 4.63. The van der Waals surface area contributed by atoms with Gasteiger partial charge in [-0.15, -0.1) is 0 Å². The van der Waals surface area contributed by atoms with Crippen LogP contribution in [0.15, 0.2) is 40.9 Å². The van der Waals surface area contributed by atoms with Crippen molar-refractivity contribution in [3.05, 3.63) is 67.7 Å². The maximum atomic E-state index is 10.7. The number of nitrogens with one attached hydrogen (secondary N) is 1. The van der Waals surface area contributed by atoms with Gasteiger partial charge in [0.2, 0.25) is 0 Å². The first-order valence-corrected chi connectivity index (χ1v) is 7.45. The number of nitro benzene ring substituents is 1. The summed E-state index contributed by atoms with van der Waals surface area (Å²) in [6.07, 6.45) is 0. The molecule has 0 aromatic heterocycles. The van der Waals surface area contributed by atoms with E-state index in [2.05, 4.69) is 60.2 Å². The Labute approximate surface area is 132 Å². The molecule has 21 heavy (non-hydrogen) atoms. The number of hydrogen-bond acceptors (Lipinski definition) is 3. The molecule has 1 unspecified atom stereocenters. The molecule has 5 heteroatoms. The number of benzene rings is 2. The zero-order chi connectivity index (χ0) is 15.6. The van der Waals surface area contributed by atoms with Crippen LogP contribution in [0.2, 0.25) is 0 Å². The first-order chi connectivity index (χ1) is 9.86. The van der Waals surface area contributed by atoms with Gasteiger partial charge in [-0.1, -0.05) is 29.3 Å². The summed E-state index contributed by atoms with van der Waals surface area (Å²) in [4.78, 5) is 10.3. The summed E-state index contributed by atoms with van der Waals surface area (Å²) < 4.78 is 0.688. The van der Waals surface area contributed by atoms with Crippen LogP contribution < -0.4 is 5.32 Å². The highest BCUT2D eigenvalue weighted by molar-refractivity contribution is 9.10. The molecule has 0 aliphatic rings. The molecule has 1 N–H and O–H groups in total. The Morgan fingerprint density at radius 2 is 1.76 bits per heavy atom. The van der Waals surface area contributed by atoms with Crippen molar-refractivity contribution in [1.82, 2.24) is 0 Å². The van der Waals surface area contributed by atoms with Gasteiger partial charge >= 0.3 is 0 Å². The van der Waals surface area contributed by atoms with E-state index in [0.29, 0.717) is 4.47 Å². The van der Waals surface area contributed by atoms with E-state index in [1.165, 1.54) is 28.8 Å². The summed E-state index contributed by atoms with van der Waals surface area (Å²) >= 11 is 3.38. The second-order valence-electron chi connectivity index (χ2n) is 5.21. The molecule has 0 heterocycles. The van der Waals surface area contributed by atoms with Gasteiger partial charge in [0.15, 0.2) is 0 Å². The van der Waals surface area contributed by atoms with Crippen LogP contribution in [-0.4, -0.2) is 4.92 Å². The number of rotatable bonds is 4. The summed E-state index contributed by atoms with van der Waals surface area (Å²) in [5.41, 5.74) is 4.55. The molecule has 0 aliphatic carbocycles. The van der Waals surface area contributed by atoms with E-state index in [9.17, 15) is 10.1 Å². The number of nitrogens with zero attached hydrogens (tertiary/aromatic N) is 1. The van der Waals surface area contributed by atoms with Crippen molar-refractivity contribution in [1.29, 1.82) is 0 Å². The molecule has 0 bridgehead atoms. The summed E-state index contributed by atoms with van der Waals surface area (Å²) in [7, 11) is 0. The molecular weight excluding hydrogens is 332 g/mol. The fraction of sp³-hybridized carbons (Fsp3) is 0.250. The smallest absolute Gasteiger partial charge is 0.270 e. The third-order valence-corrected chi connectivity index (χ3v) is 3.94. The number of halogens is 1. The van der Waals surface area contributed by atoms with Crippen LogP contribution in [-0.2, 0) is 0 Å². The number of non-ortho nitro benzene ring substituents is 1. The second-order valence-corrected chi connectivity index (χ2v) is 6.06. The summed E-state index contributed by atoms with van der Waals surface area (Å²) in [6, 6.07) is 11.3. The van der Waals surface area contributed by atoms with Crippen LogP contribution in [0, 0.1) is 24.0 Å². The number of anilines is 1. The van der Waals surface area contributed by atoms with Crippen molar-refractivity contribution in [2.24, 2.45) is 0 Å². The van der Waals surface area contributed by atoms with Gasteiger partial charge < -0.3 is 5.32 Å². The molecule has 0 fully saturated rings. The largest absolute Gasteiger partial charge is 0.378 e. The minimum atomic E-state index is -0.401. The number of hydrogen-bond donors (Lipinski definition) is 1. The van der Waals surface area contributed by atoms with Crippen LogP contribution in [0.5, 0.6) is 0 Å². The van der Waals surface area contributed by atoms with Crippen molar-refractivity contribution in [3.63, 3.8) is 0 Å². The van der Waals surface area contributed by atoms with Crippen LogP contribution in [0.1, 0.15) is 29.7 Å². The second kappa shape index (κ2) is 6.26. The third-order valence-electron chi connectivity index (χ3n) is 3.28. The molecule has 0 radical (unpaired) electrons. The molecule has 110 valence electrons. The molecule has 0 saturated heterocycles. The van der Waals surface area contributed by atoms with E-state index in [1.807, 2.05) is 0 Å². The maximum Gasteiger partial charge on any atom is 0.270 e. The Balaban J connectivity index is 2.23. The molecule has 0 aliphatic heterocycles. The Morgan fingerprint density at radius 1 is 1.14 bits per heavy atom. The van der Waals surface area contributed by atoms with Crippen molar-refractivity contribution < 1.29 is 4.92 Å². The molecule has 0 amide bonds. The molecule has 0 saturated carbocycles. The zero-order valence-corrected chi connectivity index (χ0v) is 13.8. The normalized spacial score (nSPS) is 12.0. The third kappa shape index (κ3) is 3.82. The van der Waals surface area contributed by atoms with Gasteiger partial charge in [-0.2, -0.15) is 0 Å². The predicted octanol–water partition coefficient (Wildman–Crippen LogP) is 5.15. The fourth-order valence-electron chi connectivity index (χ4n) is 2.31. The highest BCUT2D eigenvalue weighted by Crippen LogP contribution is 2.30. The molecule has 1 atom stereocenters. The number of nitro groups is 1. The van der Waals surface area contributed by atoms with Crippen molar-refractivity contribution in [2.75, 3.05) is 5.32 Å². The number of aryl methyl sites for hydroxylation is 2. The quantitative estimate of drug-likeness (QED) is 0.614. The Hall–Kier alpha value is -1.88. The summed E-state index contributed by atoms with van der Waals surface area (Å²) in [5.74, 6) is 0. The topological polar surface area (TPSA) is 55.2 Å². The fourth-order valence-corrected chi connectivity index (χ4v) is 2.79.